The van der Waals surface area contributed by atoms with E-state index in [1.165, 1.54) is 17.3 Å². The summed E-state index contributed by atoms with van der Waals surface area (Å²) in [4.78, 5) is 13.3. The lowest BCUT2D eigenvalue weighted by molar-refractivity contribution is -0.118. The maximum atomic E-state index is 12.4. The number of para-hydroxylation sites is 1. The molecule has 0 spiro atoms. The molecule has 38 heavy (non-hydrogen) atoms. The summed E-state index contributed by atoms with van der Waals surface area (Å²) in [7, 11) is 3.35. The van der Waals surface area contributed by atoms with Gasteiger partial charge in [0.1, 0.15) is 0 Å². The van der Waals surface area contributed by atoms with Crippen LogP contribution in [-0.2, 0) is 4.79 Å². The summed E-state index contributed by atoms with van der Waals surface area (Å²) >= 11 is 7.37. The van der Waals surface area contributed by atoms with Gasteiger partial charge in [0.2, 0.25) is 5.91 Å². The van der Waals surface area contributed by atoms with Crippen LogP contribution < -0.4 is 20.2 Å². The average Bonchev–Trinajstić information content (AvgIpc) is 3.45. The van der Waals surface area contributed by atoms with Gasteiger partial charge in [0, 0.05) is 27.1 Å². The largest absolute Gasteiger partial charge is 0.493 e. The molecule has 3 aromatic rings. The number of ether oxygens (including phenoxy) is 2. The molecule has 0 radical (unpaired) electrons. The fourth-order valence-electron chi connectivity index (χ4n) is 5.21. The first-order valence-electron chi connectivity index (χ1n) is 12.5. The van der Waals surface area contributed by atoms with E-state index in [4.69, 9.17) is 21.1 Å². The van der Waals surface area contributed by atoms with E-state index in [9.17, 15) is 4.79 Å². The zero-order valence-electron chi connectivity index (χ0n) is 21.5. The third kappa shape index (κ3) is 5.40. The maximum Gasteiger partial charge on any atom is 0.250 e. The molecular weight excluding hydrogens is 518 g/mol. The molecule has 1 aliphatic heterocycles. The van der Waals surface area contributed by atoms with Crippen molar-refractivity contribution in [2.45, 2.75) is 30.2 Å². The van der Waals surface area contributed by atoms with Crippen LogP contribution in [0.3, 0.4) is 0 Å². The van der Waals surface area contributed by atoms with E-state index in [-0.39, 0.29) is 23.6 Å². The molecule has 8 heteroatoms. The highest BCUT2D eigenvalue weighted by Gasteiger charge is 2.39. The minimum Gasteiger partial charge on any atom is -0.493 e. The van der Waals surface area contributed by atoms with Crippen molar-refractivity contribution in [3.8, 4) is 11.5 Å². The molecule has 2 aliphatic rings. The Bertz CT molecular complexity index is 1390. The Morgan fingerprint density at radius 3 is 2.68 bits per heavy atom. The van der Waals surface area contributed by atoms with E-state index >= 15 is 0 Å². The number of allylic oxidation sites excluding steroid dienone is 2. The van der Waals surface area contributed by atoms with Gasteiger partial charge in [0.05, 0.1) is 31.7 Å². The van der Waals surface area contributed by atoms with Crippen LogP contribution >= 0.6 is 23.4 Å². The Labute approximate surface area is 232 Å². The number of amides is 1. The predicted octanol–water partition coefficient (Wildman–Crippen LogP) is 6.82. The molecular formula is C30H30ClN3O3S. The molecule has 6 nitrogen and oxygen atoms in total. The molecule has 0 saturated heterocycles. The lowest BCUT2D eigenvalue weighted by atomic mass is 9.76. The molecule has 0 bridgehead atoms. The first-order chi connectivity index (χ1) is 18.5. The molecule has 196 valence electrons. The van der Waals surface area contributed by atoms with E-state index in [0.717, 1.165) is 45.3 Å². The zero-order valence-corrected chi connectivity index (χ0v) is 23.1. The first-order valence-corrected chi connectivity index (χ1v) is 13.8. The molecule has 1 amide bonds. The molecule has 1 heterocycles. The van der Waals surface area contributed by atoms with Crippen molar-refractivity contribution in [2.24, 2.45) is 11.0 Å². The fourth-order valence-corrected chi connectivity index (χ4v) is 6.02. The Kier molecular flexibility index (Phi) is 7.95. The third-order valence-corrected chi connectivity index (χ3v) is 8.34. The van der Waals surface area contributed by atoms with Crippen LogP contribution in [0.4, 0.5) is 5.69 Å². The lowest BCUT2D eigenvalue weighted by Crippen LogP contribution is -2.29. The van der Waals surface area contributed by atoms with Gasteiger partial charge in [-0.25, -0.2) is 5.43 Å². The smallest absolute Gasteiger partial charge is 0.250 e. The molecule has 0 unspecified atom stereocenters. The Morgan fingerprint density at radius 1 is 1.11 bits per heavy atom. The number of anilines is 1. The number of carbonyl (C=O) groups is 1. The number of nitrogens with one attached hydrogen (secondary N) is 2. The number of thioether (sulfide) groups is 1. The molecule has 3 aromatic carbocycles. The van der Waals surface area contributed by atoms with E-state index < -0.39 is 0 Å². The van der Waals surface area contributed by atoms with Crippen LogP contribution in [-0.4, -0.2) is 31.6 Å². The van der Waals surface area contributed by atoms with E-state index in [0.29, 0.717) is 10.9 Å². The van der Waals surface area contributed by atoms with Crippen molar-refractivity contribution in [3.05, 3.63) is 94.5 Å². The van der Waals surface area contributed by atoms with Crippen molar-refractivity contribution in [3.63, 3.8) is 0 Å². The van der Waals surface area contributed by atoms with Gasteiger partial charge in [-0.2, -0.15) is 5.10 Å². The average molecular weight is 548 g/mol. The summed E-state index contributed by atoms with van der Waals surface area (Å²) in [6.45, 7) is 1.91. The molecule has 0 fully saturated rings. The number of halogens is 1. The van der Waals surface area contributed by atoms with Gasteiger partial charge < -0.3 is 14.8 Å². The van der Waals surface area contributed by atoms with Crippen LogP contribution in [0.15, 0.2) is 82.8 Å². The standard InChI is InChI=1S/C30H30ClN3O3S/c1-18(33-34-28(35)17-38-21-13-11-20(31)12-14-21)19-10-15-26-25(16-19)22-6-4-7-23(22)29(32-26)24-8-5-9-27(36-2)30(24)37-3/h4-6,8-16,22-23,29,32H,7,17H2,1-3H3,(H,34,35)/b33-18-/t22-,23+,29-/m1/s1. The van der Waals surface area contributed by atoms with Gasteiger partial charge in [-0.15, -0.1) is 11.8 Å². The SMILES string of the molecule is COc1cccc([C@@H]2Nc3ccc(/C(C)=N\NC(=O)CSc4ccc(Cl)cc4)cc3[C@@H]3C=CC[C@@H]32)c1OC. The van der Waals surface area contributed by atoms with Gasteiger partial charge >= 0.3 is 0 Å². The number of carbonyl (C=O) groups excluding carboxylic acids is 1. The number of rotatable bonds is 8. The van der Waals surface area contributed by atoms with Crippen molar-refractivity contribution >= 4 is 40.7 Å². The second-order valence-corrected chi connectivity index (χ2v) is 10.8. The summed E-state index contributed by atoms with van der Waals surface area (Å²) in [5, 5.41) is 8.82. The van der Waals surface area contributed by atoms with Crippen LogP contribution in [0.1, 0.15) is 42.0 Å². The van der Waals surface area contributed by atoms with Gasteiger partial charge in [-0.05, 0) is 72.9 Å². The molecule has 2 N–H and O–H groups in total. The van der Waals surface area contributed by atoms with Crippen LogP contribution in [0, 0.1) is 5.92 Å². The number of nitrogens with zero attached hydrogens (tertiary/aromatic N) is 1. The highest BCUT2D eigenvalue weighted by atomic mass is 35.5. The first kappa shape index (κ1) is 26.2. The minimum absolute atomic E-state index is 0.0885. The number of benzene rings is 3. The number of fused-ring (bicyclic) bond motifs is 3. The molecule has 1 aliphatic carbocycles. The second kappa shape index (κ2) is 11.5. The third-order valence-electron chi connectivity index (χ3n) is 7.08. The highest BCUT2D eigenvalue weighted by molar-refractivity contribution is 8.00. The van der Waals surface area contributed by atoms with Gasteiger partial charge in [-0.1, -0.05) is 42.0 Å². The molecule has 3 atom stereocenters. The normalized spacial score (nSPS) is 19.8. The van der Waals surface area contributed by atoms with Gasteiger partial charge in [-0.3, -0.25) is 4.79 Å². The van der Waals surface area contributed by atoms with Crippen molar-refractivity contribution < 1.29 is 14.3 Å². The summed E-state index contributed by atoms with van der Waals surface area (Å²) < 4.78 is 11.3. The molecule has 0 saturated carbocycles. The van der Waals surface area contributed by atoms with Crippen molar-refractivity contribution in [2.75, 3.05) is 25.3 Å². The van der Waals surface area contributed by atoms with Crippen LogP contribution in [0.2, 0.25) is 5.02 Å². The number of hydrogen-bond acceptors (Lipinski definition) is 6. The van der Waals surface area contributed by atoms with Crippen LogP contribution in [0.25, 0.3) is 0 Å². The van der Waals surface area contributed by atoms with Crippen LogP contribution in [0.5, 0.6) is 11.5 Å². The maximum absolute atomic E-state index is 12.4. The summed E-state index contributed by atoms with van der Waals surface area (Å²) in [6.07, 6.45) is 5.54. The van der Waals surface area contributed by atoms with Crippen molar-refractivity contribution in [1.82, 2.24) is 5.43 Å². The highest BCUT2D eigenvalue weighted by Crippen LogP contribution is 2.52. The van der Waals surface area contributed by atoms with E-state index in [1.54, 1.807) is 14.2 Å². The second-order valence-electron chi connectivity index (χ2n) is 9.34. The quantitative estimate of drug-likeness (QED) is 0.140. The molecule has 5 rings (SSSR count). The minimum atomic E-state index is -0.155. The Balaban J connectivity index is 1.32. The Hall–Kier alpha value is -3.42. The molecule has 0 aromatic heterocycles. The monoisotopic (exact) mass is 547 g/mol. The van der Waals surface area contributed by atoms with Crippen molar-refractivity contribution in [1.29, 1.82) is 0 Å². The predicted molar refractivity (Wildman–Crippen MR) is 155 cm³/mol. The topological polar surface area (TPSA) is 72.0 Å². The number of hydrazone groups is 1. The van der Waals surface area contributed by atoms with E-state index in [1.807, 2.05) is 49.4 Å². The number of hydrogen-bond donors (Lipinski definition) is 2. The Morgan fingerprint density at radius 2 is 1.92 bits per heavy atom. The zero-order chi connectivity index (χ0) is 26.6. The lowest BCUT2D eigenvalue weighted by Gasteiger charge is -2.38. The number of methoxy groups -OCH3 is 2. The van der Waals surface area contributed by atoms with Gasteiger partial charge in [0.15, 0.2) is 11.5 Å². The summed E-state index contributed by atoms with van der Waals surface area (Å²) in [5.74, 6) is 2.24. The fraction of sp³-hybridized carbons (Fsp3) is 0.267. The summed E-state index contributed by atoms with van der Waals surface area (Å²) in [5.41, 5.74) is 7.84. The van der Waals surface area contributed by atoms with Gasteiger partial charge in [0.25, 0.3) is 0 Å². The summed E-state index contributed by atoms with van der Waals surface area (Å²) in [6, 6.07) is 19.9. The van der Waals surface area contributed by atoms with E-state index in [2.05, 4.69) is 46.2 Å².